The van der Waals surface area contributed by atoms with Crippen LogP contribution in [-0.2, 0) is 12.4 Å². The normalized spacial score (nSPS) is 12.0. The molecule has 1 aromatic heterocycles. The van der Waals surface area contributed by atoms with E-state index >= 15 is 0 Å². The van der Waals surface area contributed by atoms with E-state index in [-0.39, 0.29) is 23.3 Å². The van der Waals surface area contributed by atoms with Gasteiger partial charge in [0.25, 0.3) is 0 Å². The van der Waals surface area contributed by atoms with Crippen molar-refractivity contribution in [2.45, 2.75) is 12.4 Å². The van der Waals surface area contributed by atoms with Crippen molar-refractivity contribution in [1.29, 1.82) is 0 Å². The lowest BCUT2D eigenvalue weighted by atomic mass is 10.2. The van der Waals surface area contributed by atoms with Crippen LogP contribution in [0.15, 0.2) is 54.9 Å². The van der Waals surface area contributed by atoms with Crippen molar-refractivity contribution in [1.82, 2.24) is 9.97 Å². The predicted octanol–water partition coefficient (Wildman–Crippen LogP) is 6.75. The van der Waals surface area contributed by atoms with Crippen LogP contribution in [0.1, 0.15) is 11.1 Å². The van der Waals surface area contributed by atoms with Crippen LogP contribution in [0.25, 0.3) is 0 Å². The van der Waals surface area contributed by atoms with Gasteiger partial charge in [-0.15, -0.1) is 0 Å². The molecule has 0 radical (unpaired) electrons. The van der Waals surface area contributed by atoms with Gasteiger partial charge in [0.15, 0.2) is 0 Å². The molecule has 3 rings (SSSR count). The van der Waals surface area contributed by atoms with E-state index in [1.54, 1.807) is 0 Å². The first-order valence-electron chi connectivity index (χ1n) is 7.74. The van der Waals surface area contributed by atoms with Crippen LogP contribution in [0.5, 0.6) is 23.3 Å². The Hall–Kier alpha value is -3.01. The molecule has 0 aliphatic heterocycles. The van der Waals surface area contributed by atoms with Crippen LogP contribution in [0, 0.1) is 0 Å². The van der Waals surface area contributed by atoms with Crippen molar-refractivity contribution < 1.29 is 35.8 Å². The molecule has 0 saturated heterocycles. The van der Waals surface area contributed by atoms with Crippen LogP contribution in [0.2, 0.25) is 5.02 Å². The molecule has 0 fully saturated rings. The summed E-state index contributed by atoms with van der Waals surface area (Å²) in [5.74, 6) is -0.697. The number of halogens is 7. The Bertz CT molecular complexity index is 1020. The third-order valence-electron chi connectivity index (χ3n) is 3.47. The smallest absolute Gasteiger partial charge is 0.417 e. The van der Waals surface area contributed by atoms with Gasteiger partial charge in [-0.3, -0.25) is 0 Å². The maximum absolute atomic E-state index is 12.9. The van der Waals surface area contributed by atoms with Gasteiger partial charge >= 0.3 is 12.4 Å². The van der Waals surface area contributed by atoms with Gasteiger partial charge in [-0.25, -0.2) is 9.97 Å². The second kappa shape index (κ2) is 7.78. The summed E-state index contributed by atoms with van der Waals surface area (Å²) in [6.07, 6.45) is -8.25. The average molecular weight is 435 g/mol. The topological polar surface area (TPSA) is 44.2 Å². The molecule has 4 nitrogen and oxygen atoms in total. The second-order valence-electron chi connectivity index (χ2n) is 5.56. The van der Waals surface area contributed by atoms with Crippen molar-refractivity contribution in [2.75, 3.05) is 0 Å². The van der Waals surface area contributed by atoms with E-state index in [0.29, 0.717) is 6.07 Å². The lowest BCUT2D eigenvalue weighted by Gasteiger charge is -2.12. The number of benzene rings is 2. The first-order chi connectivity index (χ1) is 13.5. The lowest BCUT2D eigenvalue weighted by Crippen LogP contribution is -2.06. The van der Waals surface area contributed by atoms with Crippen LogP contribution in [-0.4, -0.2) is 9.97 Å². The van der Waals surface area contributed by atoms with Gasteiger partial charge in [-0.2, -0.15) is 26.3 Å². The summed E-state index contributed by atoms with van der Waals surface area (Å²) in [5.41, 5.74) is -2.01. The Balaban J connectivity index is 1.81. The van der Waals surface area contributed by atoms with E-state index < -0.39 is 28.5 Å². The summed E-state index contributed by atoms with van der Waals surface area (Å²) in [6, 6.07) is 8.11. The zero-order chi connectivity index (χ0) is 21.2. The van der Waals surface area contributed by atoms with Gasteiger partial charge in [0.1, 0.15) is 17.8 Å². The molecule has 2 aromatic carbocycles. The Morgan fingerprint density at radius 2 is 1.34 bits per heavy atom. The van der Waals surface area contributed by atoms with Crippen molar-refractivity contribution >= 4 is 11.6 Å². The van der Waals surface area contributed by atoms with Crippen molar-refractivity contribution in [2.24, 2.45) is 0 Å². The quantitative estimate of drug-likeness (QED) is 0.426. The van der Waals surface area contributed by atoms with E-state index in [2.05, 4.69) is 9.97 Å². The van der Waals surface area contributed by atoms with Crippen LogP contribution < -0.4 is 9.47 Å². The number of hydrogen-bond acceptors (Lipinski definition) is 4. The standard InChI is InChI=1S/C18H9ClF6N2O2/c19-14-5-4-12(7-13(14)18(23,24)25)29-16-8-15(26-9-27-16)28-11-3-1-2-10(6-11)17(20,21)22/h1-9H. The number of hydrogen-bond donors (Lipinski definition) is 0. The van der Waals surface area contributed by atoms with E-state index in [4.69, 9.17) is 21.1 Å². The maximum Gasteiger partial charge on any atom is 0.417 e. The molecular weight excluding hydrogens is 426 g/mol. The van der Waals surface area contributed by atoms with E-state index in [9.17, 15) is 26.3 Å². The molecule has 0 unspecified atom stereocenters. The molecule has 1 heterocycles. The SMILES string of the molecule is FC(F)(F)c1cccc(Oc2cc(Oc3ccc(Cl)c(C(F)(F)F)c3)ncn2)c1. The molecule has 0 saturated carbocycles. The van der Waals surface area contributed by atoms with Crippen molar-refractivity contribution in [3.05, 3.63) is 71.0 Å². The zero-order valence-corrected chi connectivity index (χ0v) is 14.8. The minimum absolute atomic E-state index is 0.143. The minimum atomic E-state index is -4.68. The summed E-state index contributed by atoms with van der Waals surface area (Å²) >= 11 is 5.54. The molecule has 0 N–H and O–H groups in total. The summed E-state index contributed by atoms with van der Waals surface area (Å²) in [5, 5.41) is -0.499. The van der Waals surface area contributed by atoms with Crippen LogP contribution >= 0.6 is 11.6 Å². The Kier molecular flexibility index (Phi) is 5.56. The third kappa shape index (κ3) is 5.29. The van der Waals surface area contributed by atoms with Crippen molar-refractivity contribution in [3.63, 3.8) is 0 Å². The third-order valence-corrected chi connectivity index (χ3v) is 3.80. The number of rotatable bonds is 4. The fourth-order valence-electron chi connectivity index (χ4n) is 2.20. The molecular formula is C18H9ClF6N2O2. The van der Waals surface area contributed by atoms with Gasteiger partial charge in [0, 0.05) is 0 Å². The molecule has 0 aliphatic carbocycles. The molecule has 3 aromatic rings. The summed E-state index contributed by atoms with van der Waals surface area (Å²) < 4.78 is 87.6. The van der Waals surface area contributed by atoms with Gasteiger partial charge in [-0.05, 0) is 36.4 Å². The molecule has 0 amide bonds. The largest absolute Gasteiger partial charge is 0.439 e. The Morgan fingerprint density at radius 1 is 0.724 bits per heavy atom. The predicted molar refractivity (Wildman–Crippen MR) is 90.1 cm³/mol. The monoisotopic (exact) mass is 434 g/mol. The van der Waals surface area contributed by atoms with E-state index in [1.807, 2.05) is 0 Å². The summed E-state index contributed by atoms with van der Waals surface area (Å²) in [4.78, 5) is 7.48. The number of ether oxygens (including phenoxy) is 2. The van der Waals surface area contributed by atoms with Gasteiger partial charge in [0.2, 0.25) is 11.8 Å². The Labute approximate surface area is 164 Å². The highest BCUT2D eigenvalue weighted by Crippen LogP contribution is 2.38. The number of nitrogens with zero attached hydrogens (tertiary/aromatic N) is 2. The highest BCUT2D eigenvalue weighted by Gasteiger charge is 2.33. The minimum Gasteiger partial charge on any atom is -0.439 e. The second-order valence-corrected chi connectivity index (χ2v) is 5.97. The fourth-order valence-corrected chi connectivity index (χ4v) is 2.42. The number of alkyl halides is 6. The number of aromatic nitrogens is 2. The molecule has 0 atom stereocenters. The van der Waals surface area contributed by atoms with Gasteiger partial charge in [0.05, 0.1) is 22.2 Å². The summed E-state index contributed by atoms with van der Waals surface area (Å²) in [6.45, 7) is 0. The van der Waals surface area contributed by atoms with Gasteiger partial charge < -0.3 is 9.47 Å². The van der Waals surface area contributed by atoms with Crippen molar-refractivity contribution in [3.8, 4) is 23.3 Å². The molecule has 29 heavy (non-hydrogen) atoms. The lowest BCUT2D eigenvalue weighted by molar-refractivity contribution is -0.138. The van der Waals surface area contributed by atoms with Crippen LogP contribution in [0.4, 0.5) is 26.3 Å². The molecule has 152 valence electrons. The van der Waals surface area contributed by atoms with E-state index in [0.717, 1.165) is 36.7 Å². The average Bonchev–Trinajstić information content (AvgIpc) is 2.62. The maximum atomic E-state index is 12.9. The Morgan fingerprint density at radius 3 is 1.93 bits per heavy atom. The first-order valence-corrected chi connectivity index (χ1v) is 8.12. The molecule has 0 aliphatic rings. The van der Waals surface area contributed by atoms with Crippen LogP contribution in [0.3, 0.4) is 0 Å². The highest BCUT2D eigenvalue weighted by molar-refractivity contribution is 6.31. The molecule has 0 spiro atoms. The summed E-state index contributed by atoms with van der Waals surface area (Å²) in [7, 11) is 0. The fraction of sp³-hybridized carbons (Fsp3) is 0.111. The highest BCUT2D eigenvalue weighted by atomic mass is 35.5. The van der Waals surface area contributed by atoms with Gasteiger partial charge in [-0.1, -0.05) is 17.7 Å². The molecule has 11 heteroatoms. The first kappa shape index (κ1) is 20.7. The zero-order valence-electron chi connectivity index (χ0n) is 14.1. The molecule has 0 bridgehead atoms. The van der Waals surface area contributed by atoms with E-state index in [1.165, 1.54) is 12.1 Å².